The van der Waals surface area contributed by atoms with Crippen LogP contribution in [0.5, 0.6) is 5.75 Å². The third-order valence-corrected chi connectivity index (χ3v) is 5.28. The molecule has 1 fully saturated rings. The number of amides is 1. The minimum absolute atomic E-state index is 0.0965. The maximum absolute atomic E-state index is 14.8. The second-order valence-corrected chi connectivity index (χ2v) is 7.17. The van der Waals surface area contributed by atoms with E-state index in [0.29, 0.717) is 11.3 Å². The zero-order valence-corrected chi connectivity index (χ0v) is 16.8. The number of Topliss-reactive ketones (excluding diaryl/α,β-unsaturated/α-hetero) is 1. The van der Waals surface area contributed by atoms with Gasteiger partial charge in [-0.1, -0.05) is 60.7 Å². The molecule has 3 aromatic carbocycles. The Hall–Kier alpha value is -3.93. The van der Waals surface area contributed by atoms with Crippen molar-refractivity contribution in [2.75, 3.05) is 7.11 Å². The predicted octanol–water partition coefficient (Wildman–Crippen LogP) is 4.46. The zero-order valence-electron chi connectivity index (χ0n) is 16.8. The minimum atomic E-state index is -1.06. The van der Waals surface area contributed by atoms with Gasteiger partial charge in [0.05, 0.1) is 18.7 Å². The van der Waals surface area contributed by atoms with Crippen LogP contribution in [0.15, 0.2) is 84.4 Å². The van der Waals surface area contributed by atoms with Gasteiger partial charge in [0.25, 0.3) is 11.7 Å². The lowest BCUT2D eigenvalue weighted by molar-refractivity contribution is -0.140. The Bertz CT molecular complexity index is 1170. The highest BCUT2D eigenvalue weighted by molar-refractivity contribution is 6.46. The summed E-state index contributed by atoms with van der Waals surface area (Å²) in [6.45, 7) is 0.0965. The maximum atomic E-state index is 14.8. The van der Waals surface area contributed by atoms with Crippen LogP contribution in [0.2, 0.25) is 0 Å². The van der Waals surface area contributed by atoms with Gasteiger partial charge in [0, 0.05) is 17.7 Å². The van der Waals surface area contributed by atoms with Gasteiger partial charge in [0.15, 0.2) is 0 Å². The Kier molecular flexibility index (Phi) is 5.54. The molecule has 5 nitrogen and oxygen atoms in total. The van der Waals surface area contributed by atoms with Crippen molar-refractivity contribution in [2.24, 2.45) is 0 Å². The van der Waals surface area contributed by atoms with Crippen LogP contribution in [0.3, 0.4) is 0 Å². The monoisotopic (exact) mass is 417 g/mol. The summed E-state index contributed by atoms with van der Waals surface area (Å²) >= 11 is 0. The quantitative estimate of drug-likeness (QED) is 0.378. The fraction of sp³-hybridized carbons (Fsp3) is 0.120. The van der Waals surface area contributed by atoms with E-state index < -0.39 is 23.5 Å². The molecule has 4 rings (SSSR count). The smallest absolute Gasteiger partial charge is 0.295 e. The van der Waals surface area contributed by atoms with Crippen LogP contribution in [0.1, 0.15) is 22.7 Å². The van der Waals surface area contributed by atoms with Crippen LogP contribution in [-0.2, 0) is 16.1 Å². The summed E-state index contributed by atoms with van der Waals surface area (Å²) in [6, 6.07) is 20.5. The Morgan fingerprint density at radius 3 is 2.42 bits per heavy atom. The largest absolute Gasteiger partial charge is 0.507 e. The highest BCUT2D eigenvalue weighted by Gasteiger charge is 2.46. The van der Waals surface area contributed by atoms with Gasteiger partial charge >= 0.3 is 0 Å². The van der Waals surface area contributed by atoms with Crippen LogP contribution in [0.4, 0.5) is 4.39 Å². The standard InChI is InChI=1S/C25H20FNO4/c1-31-18-11-7-10-17(14-18)23(28)21-22(19-12-5-6-13-20(19)26)27(25(30)24(21)29)15-16-8-3-2-4-9-16/h2-14,22,28H,15H2,1H3. The summed E-state index contributed by atoms with van der Waals surface area (Å²) < 4.78 is 20.0. The van der Waals surface area contributed by atoms with E-state index in [4.69, 9.17) is 4.74 Å². The average Bonchev–Trinajstić information content (AvgIpc) is 3.04. The molecule has 1 amide bonds. The van der Waals surface area contributed by atoms with Crippen LogP contribution in [0.25, 0.3) is 5.76 Å². The first-order valence-corrected chi connectivity index (χ1v) is 9.72. The summed E-state index contributed by atoms with van der Waals surface area (Å²) in [5.41, 5.74) is 1.08. The van der Waals surface area contributed by atoms with E-state index in [0.717, 1.165) is 5.56 Å². The van der Waals surface area contributed by atoms with E-state index in [1.165, 1.54) is 30.2 Å². The number of carbonyl (C=O) groups is 2. The van der Waals surface area contributed by atoms with Gasteiger partial charge in [0.2, 0.25) is 0 Å². The molecule has 1 aliphatic rings. The number of nitrogens with zero attached hydrogens (tertiary/aromatic N) is 1. The third kappa shape index (κ3) is 3.80. The molecule has 1 N–H and O–H groups in total. The molecule has 0 spiro atoms. The van der Waals surface area contributed by atoms with Crippen molar-refractivity contribution >= 4 is 17.4 Å². The molecule has 31 heavy (non-hydrogen) atoms. The van der Waals surface area contributed by atoms with Crippen molar-refractivity contribution in [3.05, 3.63) is 107 Å². The van der Waals surface area contributed by atoms with Crippen molar-refractivity contribution in [1.82, 2.24) is 4.90 Å². The predicted molar refractivity (Wildman–Crippen MR) is 114 cm³/mol. The highest BCUT2D eigenvalue weighted by Crippen LogP contribution is 2.41. The normalized spacial score (nSPS) is 17.7. The second-order valence-electron chi connectivity index (χ2n) is 7.17. The number of methoxy groups -OCH3 is 1. The molecule has 6 heteroatoms. The summed E-state index contributed by atoms with van der Waals surface area (Å²) in [7, 11) is 1.48. The fourth-order valence-electron chi connectivity index (χ4n) is 3.77. The van der Waals surface area contributed by atoms with Crippen molar-refractivity contribution < 1.29 is 23.8 Å². The molecule has 1 atom stereocenters. The van der Waals surface area contributed by atoms with E-state index in [1.54, 1.807) is 30.3 Å². The van der Waals surface area contributed by atoms with E-state index >= 15 is 0 Å². The molecule has 3 aromatic rings. The first-order valence-electron chi connectivity index (χ1n) is 9.72. The number of hydrogen-bond donors (Lipinski definition) is 1. The molecular weight excluding hydrogens is 397 g/mol. The lowest BCUT2D eigenvalue weighted by Gasteiger charge is -2.25. The molecule has 0 radical (unpaired) electrons. The van der Waals surface area contributed by atoms with Crippen molar-refractivity contribution in [2.45, 2.75) is 12.6 Å². The molecule has 0 bridgehead atoms. The Labute approximate surface area is 179 Å². The summed E-state index contributed by atoms with van der Waals surface area (Å²) in [6.07, 6.45) is 0. The topological polar surface area (TPSA) is 66.8 Å². The number of rotatable bonds is 5. The van der Waals surface area contributed by atoms with E-state index in [2.05, 4.69) is 0 Å². The maximum Gasteiger partial charge on any atom is 0.295 e. The van der Waals surface area contributed by atoms with E-state index in [1.807, 2.05) is 30.3 Å². The number of ketones is 1. The molecule has 0 aliphatic carbocycles. The summed E-state index contributed by atoms with van der Waals surface area (Å²) in [5.74, 6) is -2.11. The number of carbonyl (C=O) groups excluding carboxylic acids is 2. The molecule has 0 aromatic heterocycles. The number of hydrogen-bond acceptors (Lipinski definition) is 4. The highest BCUT2D eigenvalue weighted by atomic mass is 19.1. The molecule has 1 aliphatic heterocycles. The van der Waals surface area contributed by atoms with Crippen LogP contribution in [0, 0.1) is 5.82 Å². The molecule has 156 valence electrons. The van der Waals surface area contributed by atoms with Gasteiger partial charge in [-0.05, 0) is 23.8 Å². The molecule has 1 unspecified atom stereocenters. The van der Waals surface area contributed by atoms with Gasteiger partial charge in [-0.2, -0.15) is 0 Å². The van der Waals surface area contributed by atoms with Gasteiger partial charge in [0.1, 0.15) is 17.3 Å². The number of aliphatic hydroxyl groups is 1. The number of ether oxygens (including phenoxy) is 1. The first-order chi connectivity index (χ1) is 15.0. The molecule has 1 saturated heterocycles. The number of aliphatic hydroxyl groups excluding tert-OH is 1. The number of likely N-dealkylation sites (tertiary alicyclic amines) is 1. The Morgan fingerprint density at radius 2 is 1.71 bits per heavy atom. The van der Waals surface area contributed by atoms with Gasteiger partial charge in [-0.15, -0.1) is 0 Å². The third-order valence-electron chi connectivity index (χ3n) is 5.28. The Morgan fingerprint density at radius 1 is 1.00 bits per heavy atom. The second kappa shape index (κ2) is 8.44. The number of benzene rings is 3. The summed E-state index contributed by atoms with van der Waals surface area (Å²) in [4.78, 5) is 27.3. The van der Waals surface area contributed by atoms with Crippen LogP contribution < -0.4 is 4.74 Å². The molecule has 0 saturated carbocycles. The molecule has 1 heterocycles. The van der Waals surface area contributed by atoms with Crippen LogP contribution >= 0.6 is 0 Å². The fourth-order valence-corrected chi connectivity index (χ4v) is 3.77. The summed E-state index contributed by atoms with van der Waals surface area (Å²) in [5, 5.41) is 11.0. The van der Waals surface area contributed by atoms with E-state index in [9.17, 15) is 19.1 Å². The lowest BCUT2D eigenvalue weighted by Crippen LogP contribution is -2.29. The van der Waals surface area contributed by atoms with Gasteiger partial charge in [-0.3, -0.25) is 9.59 Å². The molecular formula is C25H20FNO4. The van der Waals surface area contributed by atoms with Crippen LogP contribution in [-0.4, -0.2) is 28.8 Å². The average molecular weight is 417 g/mol. The van der Waals surface area contributed by atoms with Crippen molar-refractivity contribution in [1.29, 1.82) is 0 Å². The zero-order chi connectivity index (χ0) is 22.0. The Balaban J connectivity index is 1.89. The van der Waals surface area contributed by atoms with Crippen molar-refractivity contribution in [3.63, 3.8) is 0 Å². The number of halogens is 1. The lowest BCUT2D eigenvalue weighted by atomic mass is 9.94. The van der Waals surface area contributed by atoms with Gasteiger partial charge < -0.3 is 14.7 Å². The minimum Gasteiger partial charge on any atom is -0.507 e. The van der Waals surface area contributed by atoms with Crippen molar-refractivity contribution in [3.8, 4) is 5.75 Å². The SMILES string of the molecule is COc1cccc(C(O)=C2C(=O)C(=O)N(Cc3ccccc3)C2c2ccccc2F)c1. The van der Waals surface area contributed by atoms with E-state index in [-0.39, 0.29) is 23.4 Å². The van der Waals surface area contributed by atoms with Gasteiger partial charge in [-0.25, -0.2) is 4.39 Å². The first kappa shape index (κ1) is 20.3.